The van der Waals surface area contributed by atoms with Gasteiger partial charge >= 0.3 is 5.97 Å². The van der Waals surface area contributed by atoms with Gasteiger partial charge in [-0.05, 0) is 30.4 Å². The first-order chi connectivity index (χ1) is 7.27. The Labute approximate surface area is 89.1 Å². The van der Waals surface area contributed by atoms with Gasteiger partial charge in [-0.3, -0.25) is 0 Å². The Morgan fingerprint density at radius 3 is 3.07 bits per heavy atom. The van der Waals surface area contributed by atoms with E-state index in [-0.39, 0.29) is 5.97 Å². The Kier molecular flexibility index (Phi) is 2.62. The minimum Gasteiger partial charge on any atom is -0.464 e. The molecule has 1 heterocycles. The van der Waals surface area contributed by atoms with Crippen LogP contribution in [-0.4, -0.2) is 18.1 Å². The van der Waals surface area contributed by atoms with Gasteiger partial charge in [0.2, 0.25) is 0 Å². The maximum atomic E-state index is 11.5. The first kappa shape index (κ1) is 10.0. The van der Waals surface area contributed by atoms with Crippen molar-refractivity contribution in [1.82, 2.24) is 4.98 Å². The lowest BCUT2D eigenvalue weighted by atomic mass is 9.99. The predicted octanol–water partition coefficient (Wildman–Crippen LogP) is 2.32. The molecule has 3 nitrogen and oxygen atoms in total. The van der Waals surface area contributed by atoms with Gasteiger partial charge in [-0.2, -0.15) is 0 Å². The number of rotatable bonds is 2. The molecule has 1 aromatic heterocycles. The summed E-state index contributed by atoms with van der Waals surface area (Å²) >= 11 is 0. The summed E-state index contributed by atoms with van der Waals surface area (Å²) in [6.45, 7) is 2.05. The quantitative estimate of drug-likeness (QED) is 0.753. The largest absolute Gasteiger partial charge is 0.464 e. The molecule has 0 aromatic carbocycles. The second-order valence-electron chi connectivity index (χ2n) is 3.66. The van der Waals surface area contributed by atoms with Crippen LogP contribution in [0.4, 0.5) is 0 Å². The van der Waals surface area contributed by atoms with Crippen molar-refractivity contribution in [1.29, 1.82) is 0 Å². The summed E-state index contributed by atoms with van der Waals surface area (Å²) in [5.41, 5.74) is 4.04. The lowest BCUT2D eigenvalue weighted by Gasteiger charge is -2.05. The number of H-pyrrole nitrogens is 1. The molecule has 1 aliphatic rings. The van der Waals surface area contributed by atoms with Crippen LogP contribution in [-0.2, 0) is 17.6 Å². The summed E-state index contributed by atoms with van der Waals surface area (Å²) in [6, 6.07) is 0. The number of nitrogens with one attached hydrogen (secondary N) is 1. The molecule has 0 radical (unpaired) electrons. The smallest absolute Gasteiger partial charge is 0.354 e. The van der Waals surface area contributed by atoms with E-state index in [9.17, 15) is 4.79 Å². The zero-order valence-electron chi connectivity index (χ0n) is 9.09. The van der Waals surface area contributed by atoms with Gasteiger partial charge < -0.3 is 9.72 Å². The maximum absolute atomic E-state index is 11.5. The molecule has 0 saturated heterocycles. The van der Waals surface area contributed by atoms with Gasteiger partial charge in [-0.1, -0.05) is 19.1 Å². The second kappa shape index (κ2) is 3.93. The number of aromatic amines is 1. The number of hydrogen-bond acceptors (Lipinski definition) is 2. The lowest BCUT2D eigenvalue weighted by Crippen LogP contribution is -2.04. The molecule has 0 spiro atoms. The van der Waals surface area contributed by atoms with Gasteiger partial charge in [0.05, 0.1) is 7.11 Å². The number of methoxy groups -OCH3 is 1. The van der Waals surface area contributed by atoms with Gasteiger partial charge in [0.1, 0.15) is 5.69 Å². The number of aryl methyl sites for hydroxylation is 1. The Morgan fingerprint density at radius 1 is 1.60 bits per heavy atom. The van der Waals surface area contributed by atoms with E-state index in [4.69, 9.17) is 4.74 Å². The van der Waals surface area contributed by atoms with E-state index in [1.54, 1.807) is 0 Å². The Hall–Kier alpha value is -1.51. The number of carbonyl (C=O) groups is 1. The average molecular weight is 205 g/mol. The van der Waals surface area contributed by atoms with Crippen molar-refractivity contribution < 1.29 is 9.53 Å². The van der Waals surface area contributed by atoms with E-state index in [0.717, 1.165) is 30.5 Å². The number of carbonyl (C=O) groups excluding carboxylic acids is 1. The van der Waals surface area contributed by atoms with Gasteiger partial charge in [0, 0.05) is 5.69 Å². The van der Waals surface area contributed by atoms with Gasteiger partial charge in [0.25, 0.3) is 0 Å². The van der Waals surface area contributed by atoms with Crippen molar-refractivity contribution in [2.75, 3.05) is 7.11 Å². The minimum atomic E-state index is -0.269. The summed E-state index contributed by atoms with van der Waals surface area (Å²) in [5, 5.41) is 0. The number of esters is 1. The number of allylic oxidation sites excluding steroid dienone is 1. The second-order valence-corrected chi connectivity index (χ2v) is 3.66. The third kappa shape index (κ3) is 1.58. The van der Waals surface area contributed by atoms with Gasteiger partial charge in [-0.15, -0.1) is 0 Å². The normalized spacial score (nSPS) is 13.7. The van der Waals surface area contributed by atoms with E-state index in [1.165, 1.54) is 12.7 Å². The molecule has 0 unspecified atom stereocenters. The zero-order valence-corrected chi connectivity index (χ0v) is 9.09. The summed E-state index contributed by atoms with van der Waals surface area (Å²) < 4.78 is 4.76. The highest BCUT2D eigenvalue weighted by Crippen LogP contribution is 2.26. The lowest BCUT2D eigenvalue weighted by molar-refractivity contribution is 0.0593. The first-order valence-corrected chi connectivity index (χ1v) is 5.26. The summed E-state index contributed by atoms with van der Waals surface area (Å²) in [4.78, 5) is 14.7. The third-order valence-corrected chi connectivity index (χ3v) is 2.82. The summed E-state index contributed by atoms with van der Waals surface area (Å²) in [7, 11) is 1.41. The fourth-order valence-electron chi connectivity index (χ4n) is 2.08. The SMILES string of the molecule is CCc1c(C(=O)OC)[nH]c2c1C=CCC2. The molecule has 0 aliphatic heterocycles. The molecular weight excluding hydrogens is 190 g/mol. The fourth-order valence-corrected chi connectivity index (χ4v) is 2.08. The highest BCUT2D eigenvalue weighted by Gasteiger charge is 2.20. The molecule has 3 heteroatoms. The molecule has 0 atom stereocenters. The third-order valence-electron chi connectivity index (χ3n) is 2.82. The van der Waals surface area contributed by atoms with Crippen LogP contribution in [0.2, 0.25) is 0 Å². The average Bonchev–Trinajstić information content (AvgIpc) is 2.66. The van der Waals surface area contributed by atoms with Crippen LogP contribution in [0.3, 0.4) is 0 Å². The van der Waals surface area contributed by atoms with E-state index in [1.807, 2.05) is 0 Å². The Bertz CT molecular complexity index is 416. The summed E-state index contributed by atoms with van der Waals surface area (Å²) in [6.07, 6.45) is 7.12. The van der Waals surface area contributed by atoms with E-state index in [2.05, 4.69) is 24.1 Å². The number of hydrogen-bond donors (Lipinski definition) is 1. The van der Waals surface area contributed by atoms with Gasteiger partial charge in [-0.25, -0.2) is 4.79 Å². The van der Waals surface area contributed by atoms with Crippen molar-refractivity contribution in [3.05, 3.63) is 28.6 Å². The Morgan fingerprint density at radius 2 is 2.40 bits per heavy atom. The minimum absolute atomic E-state index is 0.269. The number of fused-ring (bicyclic) bond motifs is 1. The van der Waals surface area contributed by atoms with Crippen LogP contribution in [0.5, 0.6) is 0 Å². The van der Waals surface area contributed by atoms with Crippen LogP contribution in [0.1, 0.15) is 40.7 Å². The van der Waals surface area contributed by atoms with Crippen LogP contribution in [0, 0.1) is 0 Å². The molecule has 1 aliphatic carbocycles. The monoisotopic (exact) mass is 205 g/mol. The van der Waals surface area contributed by atoms with Crippen LogP contribution < -0.4 is 0 Å². The van der Waals surface area contributed by atoms with Crippen LogP contribution in [0.15, 0.2) is 6.08 Å². The molecule has 15 heavy (non-hydrogen) atoms. The van der Waals surface area contributed by atoms with E-state index in [0.29, 0.717) is 5.69 Å². The summed E-state index contributed by atoms with van der Waals surface area (Å²) in [5.74, 6) is -0.269. The maximum Gasteiger partial charge on any atom is 0.354 e. The first-order valence-electron chi connectivity index (χ1n) is 5.26. The van der Waals surface area contributed by atoms with Crippen molar-refractivity contribution in [2.24, 2.45) is 0 Å². The highest BCUT2D eigenvalue weighted by molar-refractivity contribution is 5.91. The van der Waals surface area contributed by atoms with Crippen LogP contribution >= 0.6 is 0 Å². The molecule has 2 rings (SSSR count). The molecule has 80 valence electrons. The van der Waals surface area contributed by atoms with Crippen LogP contribution in [0.25, 0.3) is 6.08 Å². The van der Waals surface area contributed by atoms with E-state index >= 15 is 0 Å². The number of aromatic nitrogens is 1. The fraction of sp³-hybridized carbons (Fsp3) is 0.417. The van der Waals surface area contributed by atoms with E-state index < -0.39 is 0 Å². The number of ether oxygens (including phenoxy) is 1. The standard InChI is InChI=1S/C12H15NO2/c1-3-8-9-6-4-5-7-10(9)13-11(8)12(14)15-2/h4,6,13H,3,5,7H2,1-2H3. The molecule has 0 bridgehead atoms. The zero-order chi connectivity index (χ0) is 10.8. The van der Waals surface area contributed by atoms with Crippen molar-refractivity contribution in [2.45, 2.75) is 26.2 Å². The molecular formula is C12H15NO2. The topological polar surface area (TPSA) is 42.1 Å². The predicted molar refractivity (Wildman–Crippen MR) is 58.9 cm³/mol. The molecule has 1 N–H and O–H groups in total. The van der Waals surface area contributed by atoms with Crippen molar-refractivity contribution in [3.63, 3.8) is 0 Å². The van der Waals surface area contributed by atoms with Gasteiger partial charge in [0.15, 0.2) is 0 Å². The Balaban J connectivity index is 2.52. The molecule has 1 aromatic rings. The molecule has 0 saturated carbocycles. The highest BCUT2D eigenvalue weighted by atomic mass is 16.5. The van der Waals surface area contributed by atoms with Crippen molar-refractivity contribution in [3.8, 4) is 0 Å². The van der Waals surface area contributed by atoms with Crippen molar-refractivity contribution >= 4 is 12.0 Å². The molecule has 0 fully saturated rings. The molecule has 0 amide bonds.